The minimum Gasteiger partial charge on any atom is -0.0654 e. The van der Waals surface area contributed by atoms with Crippen molar-refractivity contribution >= 4 is 0 Å². The van der Waals surface area contributed by atoms with Crippen LogP contribution < -0.4 is 0 Å². The van der Waals surface area contributed by atoms with Gasteiger partial charge in [-0.2, -0.15) is 0 Å². The zero-order valence-electron chi connectivity index (χ0n) is 12.4. The quantitative estimate of drug-likeness (QED) is 0.397. The van der Waals surface area contributed by atoms with Gasteiger partial charge in [0.25, 0.3) is 0 Å². The van der Waals surface area contributed by atoms with Crippen LogP contribution in [0.4, 0.5) is 0 Å². The fourth-order valence-electron chi connectivity index (χ4n) is 2.32. The molecule has 0 fully saturated rings. The van der Waals surface area contributed by atoms with Crippen molar-refractivity contribution in [2.24, 2.45) is 17.8 Å². The van der Waals surface area contributed by atoms with Crippen molar-refractivity contribution in [3.05, 3.63) is 0 Å². The molecule has 0 aromatic carbocycles. The zero-order chi connectivity index (χ0) is 12.4. The van der Waals surface area contributed by atoms with Gasteiger partial charge in [-0.05, 0) is 24.2 Å². The van der Waals surface area contributed by atoms with E-state index in [2.05, 4.69) is 34.6 Å². The maximum absolute atomic E-state index is 2.42. The summed E-state index contributed by atoms with van der Waals surface area (Å²) in [6.07, 6.45) is 11.5. The van der Waals surface area contributed by atoms with E-state index in [4.69, 9.17) is 0 Å². The Hall–Kier alpha value is 0. The largest absolute Gasteiger partial charge is 0.0654 e. The first-order valence-corrected chi connectivity index (χ1v) is 7.61. The molecule has 2 atom stereocenters. The van der Waals surface area contributed by atoms with Gasteiger partial charge >= 0.3 is 0 Å². The molecular formula is C16H34. The van der Waals surface area contributed by atoms with Gasteiger partial charge in [-0.15, -0.1) is 0 Å². The van der Waals surface area contributed by atoms with E-state index in [1.165, 1.54) is 51.4 Å². The molecule has 0 saturated carbocycles. The van der Waals surface area contributed by atoms with E-state index in [0.717, 1.165) is 17.8 Å². The lowest BCUT2D eigenvalue weighted by molar-refractivity contribution is 0.295. The summed E-state index contributed by atoms with van der Waals surface area (Å²) in [6, 6.07) is 0. The molecule has 0 aromatic rings. The Morgan fingerprint density at radius 1 is 0.812 bits per heavy atom. The van der Waals surface area contributed by atoms with Gasteiger partial charge < -0.3 is 0 Å². The molecule has 0 aliphatic carbocycles. The lowest BCUT2D eigenvalue weighted by Crippen LogP contribution is -2.10. The highest BCUT2D eigenvalue weighted by Crippen LogP contribution is 2.26. The van der Waals surface area contributed by atoms with E-state index < -0.39 is 0 Å². The third kappa shape index (κ3) is 8.19. The van der Waals surface area contributed by atoms with E-state index in [9.17, 15) is 0 Å². The molecule has 0 heterocycles. The Balaban J connectivity index is 3.58. The summed E-state index contributed by atoms with van der Waals surface area (Å²) in [4.78, 5) is 0. The van der Waals surface area contributed by atoms with Gasteiger partial charge in [-0.25, -0.2) is 0 Å². The highest BCUT2D eigenvalue weighted by atomic mass is 14.2. The fourth-order valence-corrected chi connectivity index (χ4v) is 2.32. The van der Waals surface area contributed by atoms with Crippen LogP contribution in [0.25, 0.3) is 0 Å². The van der Waals surface area contributed by atoms with Crippen LogP contribution in [0.15, 0.2) is 0 Å². The van der Waals surface area contributed by atoms with Crippen LogP contribution in [0.5, 0.6) is 0 Å². The van der Waals surface area contributed by atoms with Crippen LogP contribution in [-0.2, 0) is 0 Å². The molecule has 0 saturated heterocycles. The molecule has 0 aliphatic rings. The summed E-state index contributed by atoms with van der Waals surface area (Å²) in [5, 5.41) is 0. The van der Waals surface area contributed by atoms with Gasteiger partial charge in [0.1, 0.15) is 0 Å². The van der Waals surface area contributed by atoms with Crippen molar-refractivity contribution in [2.45, 2.75) is 86.0 Å². The predicted octanol–water partition coefficient (Wildman–Crippen LogP) is 6.06. The van der Waals surface area contributed by atoms with Crippen LogP contribution in [0.1, 0.15) is 86.0 Å². The SMILES string of the molecule is CCCCCCCC(CC)CC(C)C(C)C. The lowest BCUT2D eigenvalue weighted by atomic mass is 9.84. The molecule has 0 bridgehead atoms. The van der Waals surface area contributed by atoms with Crippen molar-refractivity contribution in [1.82, 2.24) is 0 Å². The standard InChI is InChI=1S/C16H34/c1-6-8-9-10-11-12-16(7-2)13-15(5)14(3)4/h14-16H,6-13H2,1-5H3. The first-order valence-electron chi connectivity index (χ1n) is 7.61. The average Bonchev–Trinajstić information content (AvgIpc) is 2.26. The maximum Gasteiger partial charge on any atom is -0.0414 e. The highest BCUT2D eigenvalue weighted by Gasteiger charge is 2.13. The summed E-state index contributed by atoms with van der Waals surface area (Å²) < 4.78 is 0. The molecule has 0 heteroatoms. The Morgan fingerprint density at radius 2 is 1.44 bits per heavy atom. The van der Waals surface area contributed by atoms with Crippen molar-refractivity contribution < 1.29 is 0 Å². The third-order valence-electron chi connectivity index (χ3n) is 4.14. The molecule has 0 amide bonds. The van der Waals surface area contributed by atoms with Gasteiger partial charge in [-0.1, -0.05) is 79.6 Å². The van der Waals surface area contributed by atoms with Gasteiger partial charge in [0, 0.05) is 0 Å². The minimum atomic E-state index is 0.856. The monoisotopic (exact) mass is 226 g/mol. The van der Waals surface area contributed by atoms with E-state index in [1.54, 1.807) is 0 Å². The Labute approximate surface area is 104 Å². The molecule has 0 aromatic heterocycles. The number of hydrogen-bond acceptors (Lipinski definition) is 0. The fraction of sp³-hybridized carbons (Fsp3) is 1.00. The molecule has 0 radical (unpaired) electrons. The average molecular weight is 226 g/mol. The Morgan fingerprint density at radius 3 is 1.94 bits per heavy atom. The third-order valence-corrected chi connectivity index (χ3v) is 4.14. The van der Waals surface area contributed by atoms with Crippen LogP contribution >= 0.6 is 0 Å². The van der Waals surface area contributed by atoms with Gasteiger partial charge in [0.15, 0.2) is 0 Å². The topological polar surface area (TPSA) is 0 Å². The lowest BCUT2D eigenvalue weighted by Gasteiger charge is -2.22. The zero-order valence-corrected chi connectivity index (χ0v) is 12.4. The first kappa shape index (κ1) is 16.0. The summed E-state index contributed by atoms with van der Waals surface area (Å²) >= 11 is 0. The molecule has 16 heavy (non-hydrogen) atoms. The number of unbranched alkanes of at least 4 members (excludes halogenated alkanes) is 4. The van der Waals surface area contributed by atoms with Crippen molar-refractivity contribution in [3.8, 4) is 0 Å². The molecule has 98 valence electrons. The Bertz CT molecular complexity index is 137. The molecule has 0 spiro atoms. The van der Waals surface area contributed by atoms with Crippen LogP contribution in [0.3, 0.4) is 0 Å². The minimum absolute atomic E-state index is 0.856. The molecule has 0 aliphatic heterocycles. The molecule has 0 nitrogen and oxygen atoms in total. The van der Waals surface area contributed by atoms with E-state index in [-0.39, 0.29) is 0 Å². The van der Waals surface area contributed by atoms with Crippen LogP contribution in [0.2, 0.25) is 0 Å². The maximum atomic E-state index is 2.42. The van der Waals surface area contributed by atoms with E-state index >= 15 is 0 Å². The predicted molar refractivity (Wildman–Crippen MR) is 75.8 cm³/mol. The second kappa shape index (κ2) is 10.2. The summed E-state index contributed by atoms with van der Waals surface area (Å²) in [7, 11) is 0. The van der Waals surface area contributed by atoms with Gasteiger partial charge in [0.05, 0.1) is 0 Å². The number of rotatable bonds is 10. The molecule has 0 rings (SSSR count). The number of hydrogen-bond donors (Lipinski definition) is 0. The second-order valence-corrected chi connectivity index (χ2v) is 5.93. The highest BCUT2D eigenvalue weighted by molar-refractivity contribution is 4.65. The Kier molecular flexibility index (Phi) is 10.2. The van der Waals surface area contributed by atoms with E-state index in [1.807, 2.05) is 0 Å². The first-order chi connectivity index (χ1) is 7.61. The molecule has 0 N–H and O–H groups in total. The van der Waals surface area contributed by atoms with E-state index in [0.29, 0.717) is 0 Å². The summed E-state index contributed by atoms with van der Waals surface area (Å²) in [5.74, 6) is 2.74. The normalized spacial score (nSPS) is 15.4. The smallest absolute Gasteiger partial charge is 0.0414 e. The van der Waals surface area contributed by atoms with Crippen molar-refractivity contribution in [1.29, 1.82) is 0 Å². The molecule has 2 unspecified atom stereocenters. The van der Waals surface area contributed by atoms with Crippen molar-refractivity contribution in [2.75, 3.05) is 0 Å². The van der Waals surface area contributed by atoms with Crippen LogP contribution in [-0.4, -0.2) is 0 Å². The molecular weight excluding hydrogens is 192 g/mol. The second-order valence-electron chi connectivity index (χ2n) is 5.93. The van der Waals surface area contributed by atoms with Crippen molar-refractivity contribution in [3.63, 3.8) is 0 Å². The van der Waals surface area contributed by atoms with Gasteiger partial charge in [-0.3, -0.25) is 0 Å². The van der Waals surface area contributed by atoms with Gasteiger partial charge in [0.2, 0.25) is 0 Å². The van der Waals surface area contributed by atoms with Crippen LogP contribution in [0, 0.1) is 17.8 Å². The summed E-state index contributed by atoms with van der Waals surface area (Å²) in [5.41, 5.74) is 0. The summed E-state index contributed by atoms with van der Waals surface area (Å²) in [6.45, 7) is 11.8.